The summed E-state index contributed by atoms with van der Waals surface area (Å²) in [6.45, 7) is 1.28. The van der Waals surface area contributed by atoms with E-state index < -0.39 is 16.9 Å². The van der Waals surface area contributed by atoms with Crippen LogP contribution in [0.2, 0.25) is 0 Å². The van der Waals surface area contributed by atoms with Crippen molar-refractivity contribution < 1.29 is 24.0 Å². The third-order valence-electron chi connectivity index (χ3n) is 3.41. The van der Waals surface area contributed by atoms with Crippen LogP contribution < -0.4 is 4.74 Å². The quantitative estimate of drug-likeness (QED) is 0.275. The Bertz CT molecular complexity index is 960. The second-order valence-corrected chi connectivity index (χ2v) is 5.27. The Morgan fingerprint density at radius 1 is 1.19 bits per heavy atom. The number of ether oxygens (including phenoxy) is 2. The molecule has 1 aliphatic heterocycles. The van der Waals surface area contributed by atoms with E-state index in [1.54, 1.807) is 24.3 Å². The predicted molar refractivity (Wildman–Crippen MR) is 91.5 cm³/mol. The minimum atomic E-state index is -0.670. The van der Waals surface area contributed by atoms with Crippen LogP contribution in [0.4, 0.5) is 5.69 Å². The van der Waals surface area contributed by atoms with Crippen LogP contribution in [0.15, 0.2) is 59.2 Å². The molecule has 0 aliphatic carbocycles. The maximum Gasteiger partial charge on any atom is 0.363 e. The van der Waals surface area contributed by atoms with E-state index in [0.29, 0.717) is 16.9 Å². The number of esters is 2. The van der Waals surface area contributed by atoms with Crippen molar-refractivity contribution in [2.45, 2.75) is 6.92 Å². The molecule has 8 heteroatoms. The van der Waals surface area contributed by atoms with Crippen LogP contribution in [0, 0.1) is 10.1 Å². The molecule has 0 amide bonds. The second kappa shape index (κ2) is 6.98. The van der Waals surface area contributed by atoms with Crippen molar-refractivity contribution in [3.8, 4) is 5.75 Å². The zero-order valence-electron chi connectivity index (χ0n) is 13.5. The van der Waals surface area contributed by atoms with E-state index in [0.717, 1.165) is 0 Å². The molecule has 3 rings (SSSR count). The summed E-state index contributed by atoms with van der Waals surface area (Å²) in [4.78, 5) is 37.5. The molecule has 0 fully saturated rings. The van der Waals surface area contributed by atoms with Gasteiger partial charge in [-0.2, -0.15) is 0 Å². The Labute approximate surface area is 147 Å². The molecule has 0 saturated carbocycles. The van der Waals surface area contributed by atoms with Gasteiger partial charge in [0.05, 0.1) is 4.92 Å². The molecule has 0 saturated heterocycles. The van der Waals surface area contributed by atoms with Crippen molar-refractivity contribution in [3.05, 3.63) is 75.5 Å². The number of para-hydroxylation sites is 1. The van der Waals surface area contributed by atoms with Crippen LogP contribution >= 0.6 is 0 Å². The number of non-ortho nitro benzene ring substituents is 1. The number of nitrogens with zero attached hydrogens (tertiary/aromatic N) is 2. The molecular formula is C18H12N2O6. The summed E-state index contributed by atoms with van der Waals surface area (Å²) in [5.41, 5.74) is 0.867. The van der Waals surface area contributed by atoms with Crippen molar-refractivity contribution in [1.82, 2.24) is 0 Å². The van der Waals surface area contributed by atoms with E-state index in [2.05, 4.69) is 4.99 Å². The summed E-state index contributed by atoms with van der Waals surface area (Å²) < 4.78 is 10.2. The predicted octanol–water partition coefficient (Wildman–Crippen LogP) is 2.86. The Kier molecular flexibility index (Phi) is 4.57. The molecule has 0 radical (unpaired) electrons. The van der Waals surface area contributed by atoms with E-state index in [4.69, 9.17) is 9.47 Å². The Hall–Kier alpha value is -3.81. The largest absolute Gasteiger partial charge is 0.426 e. The molecule has 2 aromatic rings. The lowest BCUT2D eigenvalue weighted by molar-refractivity contribution is -0.384. The van der Waals surface area contributed by atoms with Gasteiger partial charge in [0.15, 0.2) is 5.70 Å². The fourth-order valence-electron chi connectivity index (χ4n) is 2.25. The molecule has 2 aromatic carbocycles. The van der Waals surface area contributed by atoms with Crippen molar-refractivity contribution in [1.29, 1.82) is 0 Å². The smallest absolute Gasteiger partial charge is 0.363 e. The molecular weight excluding hydrogens is 340 g/mol. The molecule has 0 atom stereocenters. The maximum atomic E-state index is 12.0. The van der Waals surface area contributed by atoms with Gasteiger partial charge in [0.1, 0.15) is 5.75 Å². The van der Waals surface area contributed by atoms with Crippen molar-refractivity contribution in [2.24, 2.45) is 4.99 Å². The summed E-state index contributed by atoms with van der Waals surface area (Å²) in [6, 6.07) is 12.2. The summed E-state index contributed by atoms with van der Waals surface area (Å²) in [7, 11) is 0. The monoisotopic (exact) mass is 352 g/mol. The van der Waals surface area contributed by atoms with Crippen molar-refractivity contribution >= 4 is 29.6 Å². The van der Waals surface area contributed by atoms with E-state index in [1.807, 2.05) is 0 Å². The lowest BCUT2D eigenvalue weighted by atomic mass is 10.1. The van der Waals surface area contributed by atoms with E-state index >= 15 is 0 Å². The molecule has 0 N–H and O–H groups in total. The van der Waals surface area contributed by atoms with Crippen LogP contribution in [-0.2, 0) is 14.3 Å². The SMILES string of the molecule is CC(=O)Oc1ccccc1C=C1N=C(c2ccc([N+](=O)[O-])cc2)OC1=O. The number of aliphatic imine (C=N–C) groups is 1. The van der Waals surface area contributed by atoms with E-state index in [-0.39, 0.29) is 17.3 Å². The third kappa shape index (κ3) is 3.64. The summed E-state index contributed by atoms with van der Waals surface area (Å²) in [5.74, 6) is -0.823. The lowest BCUT2D eigenvalue weighted by Gasteiger charge is -2.04. The minimum Gasteiger partial charge on any atom is -0.426 e. The van der Waals surface area contributed by atoms with Gasteiger partial charge in [-0.3, -0.25) is 14.9 Å². The average molecular weight is 352 g/mol. The lowest BCUT2D eigenvalue weighted by Crippen LogP contribution is -2.05. The highest BCUT2D eigenvalue weighted by Crippen LogP contribution is 2.25. The normalized spacial score (nSPS) is 14.7. The van der Waals surface area contributed by atoms with Crippen molar-refractivity contribution in [3.63, 3.8) is 0 Å². The molecule has 8 nitrogen and oxygen atoms in total. The van der Waals surface area contributed by atoms with Crippen LogP contribution in [0.25, 0.3) is 6.08 Å². The molecule has 130 valence electrons. The Morgan fingerprint density at radius 3 is 2.54 bits per heavy atom. The summed E-state index contributed by atoms with van der Waals surface area (Å²) >= 11 is 0. The molecule has 1 aliphatic rings. The van der Waals surface area contributed by atoms with Gasteiger partial charge >= 0.3 is 11.9 Å². The zero-order chi connectivity index (χ0) is 18.7. The van der Waals surface area contributed by atoms with Crippen molar-refractivity contribution in [2.75, 3.05) is 0 Å². The number of nitro benzene ring substituents is 1. The van der Waals surface area contributed by atoms with Gasteiger partial charge in [0.2, 0.25) is 5.90 Å². The molecule has 0 spiro atoms. The molecule has 1 heterocycles. The number of hydrogen-bond donors (Lipinski definition) is 0. The van der Waals surface area contributed by atoms with Gasteiger partial charge in [-0.15, -0.1) is 0 Å². The molecule has 26 heavy (non-hydrogen) atoms. The highest BCUT2D eigenvalue weighted by molar-refractivity contribution is 6.13. The fraction of sp³-hybridized carbons (Fsp3) is 0.0556. The number of carbonyl (C=O) groups is 2. The Balaban J connectivity index is 1.92. The highest BCUT2D eigenvalue weighted by Gasteiger charge is 2.25. The van der Waals surface area contributed by atoms with Gasteiger partial charge in [0.25, 0.3) is 5.69 Å². The Morgan fingerprint density at radius 2 is 1.88 bits per heavy atom. The third-order valence-corrected chi connectivity index (χ3v) is 3.41. The second-order valence-electron chi connectivity index (χ2n) is 5.27. The maximum absolute atomic E-state index is 12.0. The first-order valence-electron chi connectivity index (χ1n) is 7.49. The topological polar surface area (TPSA) is 108 Å². The van der Waals surface area contributed by atoms with Gasteiger partial charge in [0, 0.05) is 30.2 Å². The van der Waals surface area contributed by atoms with Crippen LogP contribution in [0.3, 0.4) is 0 Å². The molecule has 0 unspecified atom stereocenters. The van der Waals surface area contributed by atoms with E-state index in [9.17, 15) is 19.7 Å². The number of carbonyl (C=O) groups excluding carboxylic acids is 2. The standard InChI is InChI=1S/C18H12N2O6/c1-11(21)25-16-5-3-2-4-13(16)10-15-18(22)26-17(19-15)12-6-8-14(9-7-12)20(23)24/h2-10H,1H3. The van der Waals surface area contributed by atoms with Crippen LogP contribution in [-0.4, -0.2) is 22.8 Å². The first kappa shape index (κ1) is 17.0. The van der Waals surface area contributed by atoms with Gasteiger partial charge in [-0.1, -0.05) is 18.2 Å². The van der Waals surface area contributed by atoms with Crippen LogP contribution in [0.1, 0.15) is 18.1 Å². The minimum absolute atomic E-state index is 0.0259. The zero-order valence-corrected chi connectivity index (χ0v) is 13.5. The average Bonchev–Trinajstić information content (AvgIpc) is 2.97. The first-order valence-corrected chi connectivity index (χ1v) is 7.49. The number of nitro groups is 1. The molecule has 0 bridgehead atoms. The number of rotatable bonds is 4. The fourth-order valence-corrected chi connectivity index (χ4v) is 2.25. The number of benzene rings is 2. The first-order chi connectivity index (χ1) is 12.4. The van der Waals surface area contributed by atoms with Gasteiger partial charge in [-0.05, 0) is 24.3 Å². The molecule has 0 aromatic heterocycles. The van der Waals surface area contributed by atoms with E-state index in [1.165, 1.54) is 37.3 Å². The number of hydrogen-bond acceptors (Lipinski definition) is 7. The summed E-state index contributed by atoms with van der Waals surface area (Å²) in [6.07, 6.45) is 1.44. The highest BCUT2D eigenvalue weighted by atomic mass is 16.6. The number of cyclic esters (lactones) is 1. The van der Waals surface area contributed by atoms with Crippen LogP contribution in [0.5, 0.6) is 5.75 Å². The van der Waals surface area contributed by atoms with Gasteiger partial charge in [-0.25, -0.2) is 9.79 Å². The van der Waals surface area contributed by atoms with Gasteiger partial charge < -0.3 is 9.47 Å². The summed E-state index contributed by atoms with van der Waals surface area (Å²) in [5, 5.41) is 10.7.